The molecule has 0 bridgehead atoms. The molecule has 2 aromatic rings. The van der Waals surface area contributed by atoms with Gasteiger partial charge in [-0.1, -0.05) is 24.6 Å². The third-order valence-electron chi connectivity index (χ3n) is 2.95. The lowest BCUT2D eigenvalue weighted by molar-refractivity contribution is 0.581. The zero-order valence-corrected chi connectivity index (χ0v) is 14.0. The van der Waals surface area contributed by atoms with Gasteiger partial charge in [0.05, 0.1) is 4.90 Å². The first-order valence-electron chi connectivity index (χ1n) is 6.53. The minimum atomic E-state index is -3.55. The van der Waals surface area contributed by atoms with Crippen molar-refractivity contribution in [3.63, 3.8) is 0 Å². The van der Waals surface area contributed by atoms with Crippen molar-refractivity contribution in [1.29, 1.82) is 0 Å². The molecule has 1 aromatic carbocycles. The van der Waals surface area contributed by atoms with Crippen LogP contribution in [0.25, 0.3) is 0 Å². The second-order valence-electron chi connectivity index (χ2n) is 4.49. The van der Waals surface area contributed by atoms with Crippen LogP contribution in [0.1, 0.15) is 18.1 Å². The fraction of sp³-hybridized carbons (Fsp3) is 0.286. The Kier molecular flexibility index (Phi) is 5.78. The molecule has 0 spiro atoms. The van der Waals surface area contributed by atoms with Crippen molar-refractivity contribution in [3.05, 3.63) is 51.2 Å². The molecule has 0 aliphatic carbocycles. The average Bonchev–Trinajstić information content (AvgIpc) is 2.97. The molecule has 7 heteroatoms. The number of nitrogens with one attached hydrogen (secondary N) is 2. The number of benzene rings is 1. The van der Waals surface area contributed by atoms with Crippen molar-refractivity contribution in [1.82, 2.24) is 10.0 Å². The lowest BCUT2D eigenvalue weighted by Crippen LogP contribution is -2.23. The van der Waals surface area contributed by atoms with E-state index in [1.54, 1.807) is 12.1 Å². The van der Waals surface area contributed by atoms with Gasteiger partial charge in [0, 0.05) is 18.1 Å². The molecule has 2 rings (SSSR count). The molecule has 0 saturated carbocycles. The van der Waals surface area contributed by atoms with Gasteiger partial charge in [0.2, 0.25) is 10.0 Å². The number of thiophene rings is 1. The normalized spacial score (nSPS) is 11.7. The Morgan fingerprint density at radius 2 is 2.05 bits per heavy atom. The van der Waals surface area contributed by atoms with Gasteiger partial charge in [-0.3, -0.25) is 0 Å². The van der Waals surface area contributed by atoms with Crippen LogP contribution in [0.3, 0.4) is 0 Å². The van der Waals surface area contributed by atoms with E-state index >= 15 is 0 Å². The molecule has 0 amide bonds. The molecule has 1 heterocycles. The zero-order valence-electron chi connectivity index (χ0n) is 11.6. The van der Waals surface area contributed by atoms with Gasteiger partial charge in [0.1, 0.15) is 0 Å². The van der Waals surface area contributed by atoms with E-state index in [1.165, 1.54) is 17.4 Å². The van der Waals surface area contributed by atoms with E-state index in [-0.39, 0.29) is 11.4 Å². The van der Waals surface area contributed by atoms with Gasteiger partial charge in [0.15, 0.2) is 0 Å². The van der Waals surface area contributed by atoms with Crippen LogP contribution in [0.5, 0.6) is 0 Å². The van der Waals surface area contributed by atoms with Crippen LogP contribution in [-0.4, -0.2) is 15.0 Å². The predicted molar refractivity (Wildman–Crippen MR) is 87.2 cm³/mol. The molecule has 1 aromatic heterocycles. The number of rotatable bonds is 7. The van der Waals surface area contributed by atoms with E-state index in [1.807, 2.05) is 23.8 Å². The van der Waals surface area contributed by atoms with Gasteiger partial charge in [0.25, 0.3) is 0 Å². The summed E-state index contributed by atoms with van der Waals surface area (Å²) in [6, 6.07) is 6.70. The molecule has 0 unspecified atom stereocenters. The Labute approximate surface area is 134 Å². The van der Waals surface area contributed by atoms with Crippen LogP contribution in [0, 0.1) is 0 Å². The van der Waals surface area contributed by atoms with E-state index in [0.717, 1.165) is 17.7 Å². The van der Waals surface area contributed by atoms with Gasteiger partial charge >= 0.3 is 0 Å². The van der Waals surface area contributed by atoms with E-state index in [0.29, 0.717) is 11.6 Å². The third-order valence-corrected chi connectivity index (χ3v) is 5.43. The van der Waals surface area contributed by atoms with E-state index < -0.39 is 10.0 Å². The maximum Gasteiger partial charge on any atom is 0.240 e. The van der Waals surface area contributed by atoms with Crippen LogP contribution >= 0.6 is 22.9 Å². The molecule has 2 N–H and O–H groups in total. The SMILES string of the molecule is CCNCc1ccc(S(=O)(=O)NCc2ccsc2)cc1Cl. The number of hydrogen-bond donors (Lipinski definition) is 2. The van der Waals surface area contributed by atoms with Crippen LogP contribution in [-0.2, 0) is 23.1 Å². The summed E-state index contributed by atoms with van der Waals surface area (Å²) < 4.78 is 27.0. The average molecular weight is 345 g/mol. The highest BCUT2D eigenvalue weighted by Crippen LogP contribution is 2.21. The van der Waals surface area contributed by atoms with Crippen LogP contribution in [0.2, 0.25) is 5.02 Å². The highest BCUT2D eigenvalue weighted by molar-refractivity contribution is 7.89. The molecule has 114 valence electrons. The quantitative estimate of drug-likeness (QED) is 0.811. The van der Waals surface area contributed by atoms with Crippen molar-refractivity contribution >= 4 is 33.0 Å². The first-order valence-corrected chi connectivity index (χ1v) is 9.33. The van der Waals surface area contributed by atoms with Gasteiger partial charge < -0.3 is 5.32 Å². The molecular weight excluding hydrogens is 328 g/mol. The summed E-state index contributed by atoms with van der Waals surface area (Å²) in [5, 5.41) is 7.44. The number of sulfonamides is 1. The van der Waals surface area contributed by atoms with Crippen LogP contribution in [0.15, 0.2) is 39.9 Å². The second kappa shape index (κ2) is 7.38. The minimum absolute atomic E-state index is 0.183. The zero-order chi connectivity index (χ0) is 15.3. The number of halogens is 1. The highest BCUT2D eigenvalue weighted by atomic mass is 35.5. The standard InChI is InChI=1S/C14H17ClN2O2S2/c1-2-16-9-12-3-4-13(7-14(12)15)21(18,19)17-8-11-5-6-20-10-11/h3-7,10,16-17H,2,8-9H2,1H3. The summed E-state index contributed by atoms with van der Waals surface area (Å²) in [6.45, 7) is 3.74. The van der Waals surface area contributed by atoms with Crippen molar-refractivity contribution in [3.8, 4) is 0 Å². The predicted octanol–water partition coefficient (Wildman–Crippen LogP) is 2.99. The molecule has 0 saturated heterocycles. The molecule has 4 nitrogen and oxygen atoms in total. The molecule has 0 atom stereocenters. The Balaban J connectivity index is 2.10. The maximum absolute atomic E-state index is 12.2. The molecule has 0 radical (unpaired) electrons. The second-order valence-corrected chi connectivity index (χ2v) is 7.44. The summed E-state index contributed by atoms with van der Waals surface area (Å²) in [4.78, 5) is 0.183. The summed E-state index contributed by atoms with van der Waals surface area (Å²) in [5.41, 5.74) is 1.83. The maximum atomic E-state index is 12.2. The highest BCUT2D eigenvalue weighted by Gasteiger charge is 2.15. The molecule has 0 aliphatic rings. The fourth-order valence-corrected chi connectivity index (χ4v) is 3.78. The van der Waals surface area contributed by atoms with Gasteiger partial charge in [-0.2, -0.15) is 11.3 Å². The Morgan fingerprint density at radius 1 is 1.24 bits per heavy atom. The molecule has 0 aliphatic heterocycles. The summed E-state index contributed by atoms with van der Waals surface area (Å²) >= 11 is 7.68. The topological polar surface area (TPSA) is 58.2 Å². The van der Waals surface area contributed by atoms with Gasteiger partial charge in [-0.25, -0.2) is 13.1 Å². The Morgan fingerprint density at radius 3 is 2.67 bits per heavy atom. The molecule has 0 fully saturated rings. The molecule has 21 heavy (non-hydrogen) atoms. The molecular formula is C14H17ClN2O2S2. The first-order chi connectivity index (χ1) is 10.0. The van der Waals surface area contributed by atoms with Crippen molar-refractivity contribution in [2.75, 3.05) is 6.54 Å². The smallest absolute Gasteiger partial charge is 0.240 e. The van der Waals surface area contributed by atoms with Crippen molar-refractivity contribution < 1.29 is 8.42 Å². The van der Waals surface area contributed by atoms with E-state index in [2.05, 4.69) is 10.0 Å². The first kappa shape index (κ1) is 16.5. The van der Waals surface area contributed by atoms with E-state index in [4.69, 9.17) is 11.6 Å². The van der Waals surface area contributed by atoms with Gasteiger partial charge in [-0.15, -0.1) is 0 Å². The summed E-state index contributed by atoms with van der Waals surface area (Å²) in [5.74, 6) is 0. The lowest BCUT2D eigenvalue weighted by Gasteiger charge is -2.09. The third kappa shape index (κ3) is 4.52. The van der Waals surface area contributed by atoms with Gasteiger partial charge in [-0.05, 0) is 46.6 Å². The van der Waals surface area contributed by atoms with Crippen molar-refractivity contribution in [2.45, 2.75) is 24.9 Å². The lowest BCUT2D eigenvalue weighted by atomic mass is 10.2. The largest absolute Gasteiger partial charge is 0.313 e. The van der Waals surface area contributed by atoms with Crippen LogP contribution in [0.4, 0.5) is 0 Å². The Hall–Kier alpha value is -0.920. The number of hydrogen-bond acceptors (Lipinski definition) is 4. The Bertz CT molecular complexity index is 685. The summed E-state index contributed by atoms with van der Waals surface area (Å²) in [7, 11) is -3.55. The van der Waals surface area contributed by atoms with Crippen molar-refractivity contribution in [2.24, 2.45) is 0 Å². The summed E-state index contributed by atoms with van der Waals surface area (Å²) in [6.07, 6.45) is 0. The van der Waals surface area contributed by atoms with Crippen LogP contribution < -0.4 is 10.0 Å². The monoisotopic (exact) mass is 344 g/mol. The fourth-order valence-electron chi connectivity index (χ4n) is 1.75. The minimum Gasteiger partial charge on any atom is -0.313 e. The van der Waals surface area contributed by atoms with E-state index in [9.17, 15) is 8.42 Å².